The molecule has 1 aromatic carbocycles. The summed E-state index contributed by atoms with van der Waals surface area (Å²) in [6, 6.07) is 8.03. The lowest BCUT2D eigenvalue weighted by Crippen LogP contribution is -2.08. The maximum absolute atomic E-state index is 4.62. The second-order valence-electron chi connectivity index (χ2n) is 4.94. The minimum absolute atomic E-state index is 0.285. The summed E-state index contributed by atoms with van der Waals surface area (Å²) in [5, 5.41) is 6.48. The highest BCUT2D eigenvalue weighted by Gasteiger charge is 2.12. The number of rotatable bonds is 4. The van der Waals surface area contributed by atoms with E-state index >= 15 is 0 Å². The first-order chi connectivity index (χ1) is 9.51. The third kappa shape index (κ3) is 3.28. The van der Waals surface area contributed by atoms with Gasteiger partial charge in [-0.2, -0.15) is 0 Å². The number of hydrogen-bond acceptors (Lipinski definition) is 4. The van der Waals surface area contributed by atoms with Crippen molar-refractivity contribution in [2.24, 2.45) is 0 Å². The average Bonchev–Trinajstić information content (AvgIpc) is 2.43. The molecule has 106 valence electrons. The molecule has 0 atom stereocenters. The van der Waals surface area contributed by atoms with Crippen LogP contribution >= 0.6 is 15.9 Å². The van der Waals surface area contributed by atoms with E-state index in [0.29, 0.717) is 0 Å². The van der Waals surface area contributed by atoms with Crippen molar-refractivity contribution < 1.29 is 0 Å². The largest absolute Gasteiger partial charge is 0.373 e. The van der Waals surface area contributed by atoms with Gasteiger partial charge in [-0.05, 0) is 31.2 Å². The fraction of sp³-hybridized carbons (Fsp3) is 0.333. The minimum atomic E-state index is 0.285. The summed E-state index contributed by atoms with van der Waals surface area (Å²) in [6.45, 7) is 6.19. The number of nitrogens with zero attached hydrogens (tertiary/aromatic N) is 2. The molecule has 2 N–H and O–H groups in total. The molecule has 0 bridgehead atoms. The maximum atomic E-state index is 4.62. The van der Waals surface area contributed by atoms with Gasteiger partial charge in [0.05, 0.1) is 0 Å². The van der Waals surface area contributed by atoms with Crippen molar-refractivity contribution in [3.05, 3.63) is 40.1 Å². The summed E-state index contributed by atoms with van der Waals surface area (Å²) in [7, 11) is 1.88. The number of aromatic nitrogens is 2. The average molecular weight is 335 g/mol. The molecular weight excluding hydrogens is 316 g/mol. The molecular formula is C15H19BrN4. The molecule has 0 fully saturated rings. The predicted molar refractivity (Wildman–Crippen MR) is 87.8 cm³/mol. The lowest BCUT2D eigenvalue weighted by atomic mass is 10.2. The monoisotopic (exact) mass is 334 g/mol. The van der Waals surface area contributed by atoms with Crippen molar-refractivity contribution in [1.82, 2.24) is 9.97 Å². The molecule has 20 heavy (non-hydrogen) atoms. The second kappa shape index (κ2) is 6.22. The van der Waals surface area contributed by atoms with E-state index in [2.05, 4.69) is 50.4 Å². The van der Waals surface area contributed by atoms with Crippen LogP contribution in [0, 0.1) is 6.92 Å². The zero-order valence-electron chi connectivity index (χ0n) is 12.2. The van der Waals surface area contributed by atoms with Gasteiger partial charge >= 0.3 is 0 Å². The van der Waals surface area contributed by atoms with E-state index in [0.717, 1.165) is 33.2 Å². The van der Waals surface area contributed by atoms with E-state index in [-0.39, 0.29) is 5.92 Å². The number of anilines is 3. The summed E-state index contributed by atoms with van der Waals surface area (Å²) in [4.78, 5) is 9.16. The predicted octanol–water partition coefficient (Wildman–Crippen LogP) is 4.46. The molecule has 0 aliphatic heterocycles. The summed E-state index contributed by atoms with van der Waals surface area (Å²) >= 11 is 3.44. The molecule has 0 amide bonds. The van der Waals surface area contributed by atoms with E-state index in [1.165, 1.54) is 0 Å². The highest BCUT2D eigenvalue weighted by molar-refractivity contribution is 9.10. The van der Waals surface area contributed by atoms with Gasteiger partial charge in [0.15, 0.2) is 0 Å². The van der Waals surface area contributed by atoms with Gasteiger partial charge in [-0.3, -0.25) is 0 Å². The third-order valence-corrected chi connectivity index (χ3v) is 3.55. The van der Waals surface area contributed by atoms with Gasteiger partial charge in [0.2, 0.25) is 0 Å². The van der Waals surface area contributed by atoms with Gasteiger partial charge in [0, 0.05) is 28.7 Å². The fourth-order valence-corrected chi connectivity index (χ4v) is 2.09. The Balaban J connectivity index is 2.39. The zero-order valence-corrected chi connectivity index (χ0v) is 13.7. The molecule has 0 radical (unpaired) electrons. The van der Waals surface area contributed by atoms with Crippen molar-refractivity contribution in [1.29, 1.82) is 0 Å². The Labute approximate surface area is 128 Å². The molecule has 2 aromatic rings. The van der Waals surface area contributed by atoms with Crippen LogP contribution in [0.3, 0.4) is 0 Å². The quantitative estimate of drug-likeness (QED) is 0.866. The van der Waals surface area contributed by atoms with Gasteiger partial charge in [-0.15, -0.1) is 0 Å². The zero-order chi connectivity index (χ0) is 14.7. The van der Waals surface area contributed by atoms with E-state index in [1.54, 1.807) is 0 Å². The standard InChI is InChI=1S/C15H19BrN4/c1-9(2)13-19-14(17-4)10(3)15(20-13)18-12-7-5-11(16)6-8-12/h5-9H,1-4H3,(H2,17,18,19,20). The van der Waals surface area contributed by atoms with Crippen molar-refractivity contribution in [2.45, 2.75) is 26.7 Å². The smallest absolute Gasteiger partial charge is 0.139 e. The number of benzene rings is 1. The van der Waals surface area contributed by atoms with Gasteiger partial charge < -0.3 is 10.6 Å². The first kappa shape index (κ1) is 14.8. The molecule has 0 aliphatic carbocycles. The fourth-order valence-electron chi connectivity index (χ4n) is 1.83. The number of hydrogen-bond donors (Lipinski definition) is 2. The van der Waals surface area contributed by atoms with E-state index < -0.39 is 0 Å². The highest BCUT2D eigenvalue weighted by atomic mass is 79.9. The first-order valence-corrected chi connectivity index (χ1v) is 7.39. The Bertz CT molecular complexity index is 594. The maximum Gasteiger partial charge on any atom is 0.139 e. The Kier molecular flexibility index (Phi) is 4.60. The Morgan fingerprint density at radius 1 is 1.05 bits per heavy atom. The molecule has 4 nitrogen and oxygen atoms in total. The van der Waals surface area contributed by atoms with Crippen molar-refractivity contribution in [2.75, 3.05) is 17.7 Å². The SMILES string of the molecule is CNc1nc(C(C)C)nc(Nc2ccc(Br)cc2)c1C. The Hall–Kier alpha value is -1.62. The van der Waals surface area contributed by atoms with E-state index in [1.807, 2.05) is 38.2 Å². The molecule has 0 spiro atoms. The first-order valence-electron chi connectivity index (χ1n) is 6.60. The summed E-state index contributed by atoms with van der Waals surface area (Å²) in [5.74, 6) is 2.83. The van der Waals surface area contributed by atoms with Gasteiger partial charge in [-0.1, -0.05) is 29.8 Å². The third-order valence-electron chi connectivity index (χ3n) is 3.02. The van der Waals surface area contributed by atoms with E-state index in [4.69, 9.17) is 0 Å². The van der Waals surface area contributed by atoms with Crippen molar-refractivity contribution >= 4 is 33.3 Å². The van der Waals surface area contributed by atoms with Crippen LogP contribution in [-0.2, 0) is 0 Å². The molecule has 1 heterocycles. The minimum Gasteiger partial charge on any atom is -0.373 e. The molecule has 2 rings (SSSR count). The summed E-state index contributed by atoms with van der Waals surface area (Å²) in [6.07, 6.45) is 0. The van der Waals surface area contributed by atoms with E-state index in [9.17, 15) is 0 Å². The molecule has 5 heteroatoms. The lowest BCUT2D eigenvalue weighted by molar-refractivity contribution is 0.775. The molecule has 0 saturated carbocycles. The molecule has 1 aromatic heterocycles. The Morgan fingerprint density at radius 3 is 2.20 bits per heavy atom. The molecule has 0 aliphatic rings. The number of halogens is 1. The summed E-state index contributed by atoms with van der Waals surface area (Å²) < 4.78 is 1.06. The normalized spacial score (nSPS) is 10.7. The summed E-state index contributed by atoms with van der Waals surface area (Å²) in [5.41, 5.74) is 2.02. The van der Waals surface area contributed by atoms with Gasteiger partial charge in [0.1, 0.15) is 17.5 Å². The lowest BCUT2D eigenvalue weighted by Gasteiger charge is -2.15. The van der Waals surface area contributed by atoms with Crippen molar-refractivity contribution in [3.8, 4) is 0 Å². The molecule has 0 saturated heterocycles. The van der Waals surface area contributed by atoms with Gasteiger partial charge in [-0.25, -0.2) is 9.97 Å². The van der Waals surface area contributed by atoms with Crippen LogP contribution < -0.4 is 10.6 Å². The Morgan fingerprint density at radius 2 is 1.65 bits per heavy atom. The van der Waals surface area contributed by atoms with Crippen molar-refractivity contribution in [3.63, 3.8) is 0 Å². The highest BCUT2D eigenvalue weighted by Crippen LogP contribution is 2.26. The van der Waals surface area contributed by atoms with Crippen LogP contribution in [0.25, 0.3) is 0 Å². The van der Waals surface area contributed by atoms with Crippen LogP contribution in [0.15, 0.2) is 28.7 Å². The second-order valence-corrected chi connectivity index (χ2v) is 5.86. The van der Waals surface area contributed by atoms with Crippen LogP contribution in [-0.4, -0.2) is 17.0 Å². The van der Waals surface area contributed by atoms with Gasteiger partial charge in [0.25, 0.3) is 0 Å². The topological polar surface area (TPSA) is 49.8 Å². The van der Waals surface area contributed by atoms with Crippen LogP contribution in [0.1, 0.15) is 31.2 Å². The number of nitrogens with one attached hydrogen (secondary N) is 2. The van der Waals surface area contributed by atoms with Crippen LogP contribution in [0.4, 0.5) is 17.3 Å². The van der Waals surface area contributed by atoms with Crippen LogP contribution in [0.2, 0.25) is 0 Å². The molecule has 0 unspecified atom stereocenters. The van der Waals surface area contributed by atoms with Crippen LogP contribution in [0.5, 0.6) is 0 Å².